The second kappa shape index (κ2) is 6.38. The van der Waals surface area contributed by atoms with Gasteiger partial charge in [-0.1, -0.05) is 34.1 Å². The highest BCUT2D eigenvalue weighted by molar-refractivity contribution is 9.10. The van der Waals surface area contributed by atoms with Crippen molar-refractivity contribution in [3.63, 3.8) is 0 Å². The predicted molar refractivity (Wildman–Crippen MR) is 95.5 cm³/mol. The Balaban J connectivity index is 2.21. The molecule has 0 aliphatic carbocycles. The second-order valence-corrected chi connectivity index (χ2v) is 6.31. The van der Waals surface area contributed by atoms with E-state index in [0.29, 0.717) is 11.4 Å². The maximum atomic E-state index is 12.7. The number of nitrogens with zero attached hydrogens (tertiary/aromatic N) is 3. The van der Waals surface area contributed by atoms with Gasteiger partial charge in [0.05, 0.1) is 0 Å². The van der Waals surface area contributed by atoms with Gasteiger partial charge < -0.3 is 4.90 Å². The van der Waals surface area contributed by atoms with Crippen LogP contribution in [0.25, 0.3) is 16.9 Å². The van der Waals surface area contributed by atoms with Crippen molar-refractivity contribution in [2.45, 2.75) is 0 Å². The minimum atomic E-state index is -0.0765. The first kappa shape index (κ1) is 15.5. The van der Waals surface area contributed by atoms with Crippen molar-refractivity contribution in [2.75, 3.05) is 14.1 Å². The van der Waals surface area contributed by atoms with Crippen LogP contribution in [0.15, 0.2) is 65.4 Å². The summed E-state index contributed by atoms with van der Waals surface area (Å²) < 4.78 is 2.78. The van der Waals surface area contributed by atoms with E-state index in [1.54, 1.807) is 12.3 Å². The maximum absolute atomic E-state index is 12.7. The molecule has 5 heteroatoms. The van der Waals surface area contributed by atoms with Crippen molar-refractivity contribution in [1.29, 1.82) is 0 Å². The van der Waals surface area contributed by atoms with Gasteiger partial charge in [-0.2, -0.15) is 0 Å². The normalized spacial score (nSPS) is 11.3. The number of fused-ring (bicyclic) bond motifs is 1. The average molecular weight is 370 g/mol. The number of ketones is 1. The molecule has 0 unspecified atom stereocenters. The van der Waals surface area contributed by atoms with E-state index in [4.69, 9.17) is 0 Å². The lowest BCUT2D eigenvalue weighted by molar-refractivity contribution is 0.104. The van der Waals surface area contributed by atoms with E-state index in [1.807, 2.05) is 72.1 Å². The minimum Gasteiger partial charge on any atom is -0.383 e. The molecule has 0 spiro atoms. The van der Waals surface area contributed by atoms with E-state index in [0.717, 1.165) is 15.7 Å². The summed E-state index contributed by atoms with van der Waals surface area (Å²) in [6.45, 7) is 0. The molecular weight excluding hydrogens is 354 g/mol. The van der Waals surface area contributed by atoms with E-state index in [2.05, 4.69) is 20.9 Å². The molecule has 4 nitrogen and oxygen atoms in total. The lowest BCUT2D eigenvalue weighted by Crippen LogP contribution is -2.06. The summed E-state index contributed by atoms with van der Waals surface area (Å²) in [5.74, 6) is -0.0765. The number of benzene rings is 1. The predicted octanol–water partition coefficient (Wildman–Crippen LogP) is 4.02. The molecule has 0 saturated carbocycles. The number of rotatable bonds is 4. The van der Waals surface area contributed by atoms with Crippen molar-refractivity contribution in [1.82, 2.24) is 14.3 Å². The number of imidazole rings is 1. The van der Waals surface area contributed by atoms with Crippen molar-refractivity contribution < 1.29 is 4.79 Å². The fraction of sp³-hybridized carbons (Fsp3) is 0.111. The van der Waals surface area contributed by atoms with Gasteiger partial charge in [0.2, 0.25) is 5.78 Å². The Bertz CT molecular complexity index is 896. The molecule has 116 valence electrons. The molecular formula is C18H16BrN3O. The molecule has 3 aromatic rings. The first-order valence-electron chi connectivity index (χ1n) is 7.18. The Morgan fingerprint density at radius 3 is 2.78 bits per heavy atom. The highest BCUT2D eigenvalue weighted by Crippen LogP contribution is 2.27. The molecule has 2 heterocycles. The highest BCUT2D eigenvalue weighted by Gasteiger charge is 2.18. The van der Waals surface area contributed by atoms with Gasteiger partial charge in [0, 0.05) is 42.6 Å². The molecule has 2 aromatic heterocycles. The summed E-state index contributed by atoms with van der Waals surface area (Å²) in [5, 5.41) is 0. The summed E-state index contributed by atoms with van der Waals surface area (Å²) in [5.41, 5.74) is 2.91. The molecule has 23 heavy (non-hydrogen) atoms. The van der Waals surface area contributed by atoms with E-state index < -0.39 is 0 Å². The number of allylic oxidation sites excluding steroid dienone is 1. The molecule has 0 N–H and O–H groups in total. The van der Waals surface area contributed by atoms with E-state index in [9.17, 15) is 4.79 Å². The van der Waals surface area contributed by atoms with Crippen LogP contribution >= 0.6 is 15.9 Å². The van der Waals surface area contributed by atoms with Gasteiger partial charge >= 0.3 is 0 Å². The SMILES string of the molecule is CN(C)C=CC(=O)c1c(-c2cccc(Br)c2)nc2ccccn12. The fourth-order valence-electron chi connectivity index (χ4n) is 2.36. The molecule has 3 rings (SSSR count). The highest BCUT2D eigenvalue weighted by atomic mass is 79.9. The van der Waals surface area contributed by atoms with Crippen molar-refractivity contribution in [3.05, 3.63) is 71.1 Å². The Kier molecular flexibility index (Phi) is 4.30. The summed E-state index contributed by atoms with van der Waals surface area (Å²) >= 11 is 3.47. The van der Waals surface area contributed by atoms with E-state index >= 15 is 0 Å². The molecule has 1 aromatic carbocycles. The Morgan fingerprint density at radius 2 is 2.04 bits per heavy atom. The van der Waals surface area contributed by atoms with Crippen LogP contribution in [0.1, 0.15) is 10.5 Å². The van der Waals surface area contributed by atoms with Crippen LogP contribution in [-0.2, 0) is 0 Å². The third kappa shape index (κ3) is 3.19. The van der Waals surface area contributed by atoms with Gasteiger partial charge in [-0.05, 0) is 24.3 Å². The molecule has 0 bridgehead atoms. The van der Waals surface area contributed by atoms with Crippen molar-refractivity contribution >= 4 is 27.4 Å². The Labute approximate surface area is 143 Å². The summed E-state index contributed by atoms with van der Waals surface area (Å²) in [4.78, 5) is 19.2. The molecule has 0 atom stereocenters. The number of carbonyl (C=O) groups is 1. The van der Waals surface area contributed by atoms with Crippen LogP contribution in [0.5, 0.6) is 0 Å². The lowest BCUT2D eigenvalue weighted by atomic mass is 10.1. The molecule has 0 amide bonds. The summed E-state index contributed by atoms with van der Waals surface area (Å²) in [6, 6.07) is 13.5. The summed E-state index contributed by atoms with van der Waals surface area (Å²) in [6.07, 6.45) is 5.17. The van der Waals surface area contributed by atoms with Crippen LogP contribution in [0.4, 0.5) is 0 Å². The van der Waals surface area contributed by atoms with Crippen molar-refractivity contribution in [3.8, 4) is 11.3 Å². The Morgan fingerprint density at radius 1 is 1.22 bits per heavy atom. The van der Waals surface area contributed by atoms with Gasteiger partial charge in [-0.25, -0.2) is 4.98 Å². The number of pyridine rings is 1. The molecule has 0 aliphatic heterocycles. The molecule has 0 aliphatic rings. The zero-order valence-electron chi connectivity index (χ0n) is 12.9. The maximum Gasteiger partial charge on any atom is 0.206 e. The van der Waals surface area contributed by atoms with Crippen LogP contribution in [0.2, 0.25) is 0 Å². The van der Waals surface area contributed by atoms with Gasteiger partial charge in [0.25, 0.3) is 0 Å². The van der Waals surface area contributed by atoms with Crippen LogP contribution in [0, 0.1) is 0 Å². The molecule has 0 radical (unpaired) electrons. The van der Waals surface area contributed by atoms with E-state index in [-0.39, 0.29) is 5.78 Å². The van der Waals surface area contributed by atoms with E-state index in [1.165, 1.54) is 0 Å². The third-order valence-electron chi connectivity index (χ3n) is 3.39. The van der Waals surface area contributed by atoms with Gasteiger partial charge in [0.15, 0.2) is 0 Å². The third-order valence-corrected chi connectivity index (χ3v) is 3.88. The van der Waals surface area contributed by atoms with Gasteiger partial charge in [-0.15, -0.1) is 0 Å². The van der Waals surface area contributed by atoms with Gasteiger partial charge in [-0.3, -0.25) is 9.20 Å². The smallest absolute Gasteiger partial charge is 0.206 e. The number of halogens is 1. The minimum absolute atomic E-state index is 0.0765. The lowest BCUT2D eigenvalue weighted by Gasteiger charge is -2.05. The molecule has 0 saturated heterocycles. The first-order chi connectivity index (χ1) is 11.1. The first-order valence-corrected chi connectivity index (χ1v) is 7.97. The number of carbonyl (C=O) groups excluding carboxylic acids is 1. The largest absolute Gasteiger partial charge is 0.383 e. The zero-order chi connectivity index (χ0) is 16.4. The second-order valence-electron chi connectivity index (χ2n) is 5.39. The van der Waals surface area contributed by atoms with Crippen LogP contribution in [-0.4, -0.2) is 34.2 Å². The topological polar surface area (TPSA) is 37.6 Å². The number of aromatic nitrogens is 2. The fourth-order valence-corrected chi connectivity index (χ4v) is 2.76. The van der Waals surface area contributed by atoms with Crippen LogP contribution < -0.4 is 0 Å². The quantitative estimate of drug-likeness (QED) is 0.514. The molecule has 0 fully saturated rings. The number of hydrogen-bond acceptors (Lipinski definition) is 3. The average Bonchev–Trinajstić information content (AvgIpc) is 2.92. The summed E-state index contributed by atoms with van der Waals surface area (Å²) in [7, 11) is 3.76. The van der Waals surface area contributed by atoms with Gasteiger partial charge in [0.1, 0.15) is 17.0 Å². The standard InChI is InChI=1S/C18H16BrN3O/c1-21(2)11-9-15(23)18-17(13-6-5-7-14(19)12-13)20-16-8-3-4-10-22(16)18/h3-12H,1-2H3. The number of hydrogen-bond donors (Lipinski definition) is 0. The van der Waals surface area contributed by atoms with Crippen LogP contribution in [0.3, 0.4) is 0 Å². The Hall–Kier alpha value is -2.40. The monoisotopic (exact) mass is 369 g/mol. The zero-order valence-corrected chi connectivity index (χ0v) is 14.5. The van der Waals surface area contributed by atoms with Crippen molar-refractivity contribution in [2.24, 2.45) is 0 Å².